The molecule has 2 aliphatic heterocycles. The first kappa shape index (κ1) is 28.7. The molecule has 10 nitrogen and oxygen atoms in total. The van der Waals surface area contributed by atoms with Gasteiger partial charge in [0.1, 0.15) is 0 Å². The van der Waals surface area contributed by atoms with Crippen molar-refractivity contribution in [2.75, 3.05) is 27.3 Å². The van der Waals surface area contributed by atoms with Gasteiger partial charge in [-0.15, -0.1) is 0 Å². The normalized spacial score (nSPS) is 14.1. The van der Waals surface area contributed by atoms with E-state index < -0.39 is 0 Å². The second kappa shape index (κ2) is 12.7. The standard InChI is InChI=1S/C30H32N2O8/c1-39-25(33)9-5-3-7-15-31-27(35)21-13-11-19(17-23(21)29(31)37)20-12-14-22-24(18-20)30(38)32(28(22)36)16-8-4-6-10-26(34)40-2/h11-14,17-18H,3-10,15-16H2,1-2H3. The van der Waals surface area contributed by atoms with E-state index in [1.807, 2.05) is 0 Å². The van der Waals surface area contributed by atoms with Gasteiger partial charge in [0.15, 0.2) is 0 Å². The molecule has 0 aromatic heterocycles. The van der Waals surface area contributed by atoms with Crippen LogP contribution in [0.4, 0.5) is 0 Å². The molecule has 2 aliphatic rings. The highest BCUT2D eigenvalue weighted by Gasteiger charge is 2.37. The van der Waals surface area contributed by atoms with Crippen molar-refractivity contribution in [2.24, 2.45) is 0 Å². The van der Waals surface area contributed by atoms with Crippen LogP contribution in [0.3, 0.4) is 0 Å². The second-order valence-corrected chi connectivity index (χ2v) is 9.82. The fraction of sp³-hybridized carbons (Fsp3) is 0.400. The van der Waals surface area contributed by atoms with Crippen LogP contribution in [0.2, 0.25) is 0 Å². The molecular formula is C30H32N2O8. The number of carbonyl (C=O) groups excluding carboxylic acids is 6. The molecule has 0 bridgehead atoms. The molecule has 40 heavy (non-hydrogen) atoms. The van der Waals surface area contributed by atoms with Gasteiger partial charge in [-0.2, -0.15) is 0 Å². The maximum Gasteiger partial charge on any atom is 0.305 e. The van der Waals surface area contributed by atoms with Gasteiger partial charge >= 0.3 is 11.9 Å². The summed E-state index contributed by atoms with van der Waals surface area (Å²) in [6.45, 7) is 0.521. The molecule has 0 aliphatic carbocycles. The molecule has 0 unspecified atom stereocenters. The van der Waals surface area contributed by atoms with Crippen LogP contribution in [0.15, 0.2) is 36.4 Å². The summed E-state index contributed by atoms with van der Waals surface area (Å²) in [5, 5.41) is 0. The van der Waals surface area contributed by atoms with Crippen LogP contribution in [0.25, 0.3) is 11.1 Å². The Morgan fingerprint density at radius 2 is 0.925 bits per heavy atom. The molecule has 0 radical (unpaired) electrons. The summed E-state index contributed by atoms with van der Waals surface area (Å²) in [5.41, 5.74) is 2.57. The van der Waals surface area contributed by atoms with E-state index >= 15 is 0 Å². The number of carbonyl (C=O) groups is 6. The summed E-state index contributed by atoms with van der Waals surface area (Å²) >= 11 is 0. The molecule has 0 spiro atoms. The molecule has 4 amide bonds. The van der Waals surface area contributed by atoms with Crippen molar-refractivity contribution in [1.29, 1.82) is 0 Å². The van der Waals surface area contributed by atoms with Gasteiger partial charge in [0.25, 0.3) is 23.6 Å². The van der Waals surface area contributed by atoms with E-state index in [0.29, 0.717) is 84.7 Å². The SMILES string of the molecule is COC(=O)CCCCCN1C(=O)c2ccc(-c3ccc4c(c3)C(=O)N(CCCCCC(=O)OC)C4=O)cc2C1=O. The summed E-state index contributed by atoms with van der Waals surface area (Å²) in [6.07, 6.45) is 4.35. The van der Waals surface area contributed by atoms with Crippen LogP contribution in [-0.4, -0.2) is 72.7 Å². The number of nitrogens with zero attached hydrogens (tertiary/aromatic N) is 2. The number of amides is 4. The Hall–Kier alpha value is -4.34. The Bertz CT molecular complexity index is 1260. The lowest BCUT2D eigenvalue weighted by Gasteiger charge is -2.13. The summed E-state index contributed by atoms with van der Waals surface area (Å²) in [7, 11) is 2.67. The quantitative estimate of drug-likeness (QED) is 0.209. The number of imide groups is 2. The fourth-order valence-corrected chi connectivity index (χ4v) is 4.98. The zero-order valence-corrected chi connectivity index (χ0v) is 22.7. The van der Waals surface area contributed by atoms with E-state index in [0.717, 1.165) is 0 Å². The first-order valence-electron chi connectivity index (χ1n) is 13.4. The number of fused-ring (bicyclic) bond motifs is 2. The first-order valence-corrected chi connectivity index (χ1v) is 13.4. The molecule has 0 atom stereocenters. The number of rotatable bonds is 13. The number of ether oxygens (including phenoxy) is 2. The average Bonchev–Trinajstić information content (AvgIpc) is 3.35. The largest absolute Gasteiger partial charge is 0.469 e. The molecule has 210 valence electrons. The fourth-order valence-electron chi connectivity index (χ4n) is 4.98. The Labute approximate surface area is 232 Å². The van der Waals surface area contributed by atoms with E-state index in [1.165, 1.54) is 24.0 Å². The lowest BCUT2D eigenvalue weighted by molar-refractivity contribution is -0.141. The zero-order chi connectivity index (χ0) is 28.8. The molecule has 2 aromatic carbocycles. The number of esters is 2. The van der Waals surface area contributed by atoms with E-state index in [9.17, 15) is 28.8 Å². The van der Waals surface area contributed by atoms with Crippen LogP contribution in [0.1, 0.15) is 92.8 Å². The van der Waals surface area contributed by atoms with Gasteiger partial charge < -0.3 is 9.47 Å². The van der Waals surface area contributed by atoms with Crippen LogP contribution in [0, 0.1) is 0 Å². The monoisotopic (exact) mass is 548 g/mol. The number of hydrogen-bond donors (Lipinski definition) is 0. The highest BCUT2D eigenvalue weighted by molar-refractivity contribution is 6.23. The Balaban J connectivity index is 1.40. The number of benzene rings is 2. The predicted molar refractivity (Wildman–Crippen MR) is 144 cm³/mol. The molecule has 2 heterocycles. The van der Waals surface area contributed by atoms with Gasteiger partial charge in [0.05, 0.1) is 36.5 Å². The van der Waals surface area contributed by atoms with Crippen molar-refractivity contribution in [3.05, 3.63) is 58.7 Å². The van der Waals surface area contributed by atoms with Gasteiger partial charge in [0.2, 0.25) is 0 Å². The average molecular weight is 549 g/mol. The summed E-state index contributed by atoms with van der Waals surface area (Å²) < 4.78 is 9.24. The van der Waals surface area contributed by atoms with Gasteiger partial charge in [-0.3, -0.25) is 38.6 Å². The van der Waals surface area contributed by atoms with Crippen molar-refractivity contribution in [3.63, 3.8) is 0 Å². The predicted octanol–water partition coefficient (Wildman–Crippen LogP) is 4.01. The van der Waals surface area contributed by atoms with Crippen molar-refractivity contribution in [1.82, 2.24) is 9.80 Å². The Morgan fingerprint density at radius 1 is 0.550 bits per heavy atom. The third-order valence-corrected chi connectivity index (χ3v) is 7.26. The van der Waals surface area contributed by atoms with E-state index in [4.69, 9.17) is 0 Å². The number of unbranched alkanes of at least 4 members (excludes halogenated alkanes) is 4. The lowest BCUT2D eigenvalue weighted by atomic mass is 9.97. The maximum absolute atomic E-state index is 13.0. The van der Waals surface area contributed by atoms with E-state index in [-0.39, 0.29) is 48.7 Å². The summed E-state index contributed by atoms with van der Waals surface area (Å²) in [6, 6.07) is 9.98. The molecule has 4 rings (SSSR count). The lowest BCUT2D eigenvalue weighted by Crippen LogP contribution is -2.30. The highest BCUT2D eigenvalue weighted by Crippen LogP contribution is 2.32. The van der Waals surface area contributed by atoms with Gasteiger partial charge in [0, 0.05) is 25.9 Å². The van der Waals surface area contributed by atoms with E-state index in [1.54, 1.807) is 36.4 Å². The minimum absolute atomic E-state index is 0.261. The smallest absolute Gasteiger partial charge is 0.305 e. The summed E-state index contributed by atoms with van der Waals surface area (Å²) in [4.78, 5) is 76.7. The van der Waals surface area contributed by atoms with Crippen molar-refractivity contribution >= 4 is 35.6 Å². The van der Waals surface area contributed by atoms with Crippen molar-refractivity contribution in [2.45, 2.75) is 51.4 Å². The minimum atomic E-state index is -0.374. The molecular weight excluding hydrogens is 516 g/mol. The first-order chi connectivity index (χ1) is 19.3. The van der Waals surface area contributed by atoms with Gasteiger partial charge in [-0.25, -0.2) is 0 Å². The van der Waals surface area contributed by atoms with Gasteiger partial charge in [-0.05, 0) is 61.1 Å². The van der Waals surface area contributed by atoms with Crippen molar-refractivity contribution in [3.8, 4) is 11.1 Å². The second-order valence-electron chi connectivity index (χ2n) is 9.82. The van der Waals surface area contributed by atoms with Crippen LogP contribution in [0.5, 0.6) is 0 Å². The minimum Gasteiger partial charge on any atom is -0.469 e. The number of methoxy groups -OCH3 is 2. The maximum atomic E-state index is 13.0. The molecule has 0 N–H and O–H groups in total. The zero-order valence-electron chi connectivity index (χ0n) is 22.7. The third-order valence-electron chi connectivity index (χ3n) is 7.26. The number of hydrogen-bond acceptors (Lipinski definition) is 8. The molecule has 0 saturated carbocycles. The van der Waals surface area contributed by atoms with Crippen LogP contribution >= 0.6 is 0 Å². The van der Waals surface area contributed by atoms with E-state index in [2.05, 4.69) is 9.47 Å². The Kier molecular flexibility index (Phi) is 9.08. The van der Waals surface area contributed by atoms with Crippen molar-refractivity contribution < 1.29 is 38.2 Å². The Morgan fingerprint density at radius 3 is 1.30 bits per heavy atom. The molecule has 10 heteroatoms. The molecule has 0 fully saturated rings. The highest BCUT2D eigenvalue weighted by atomic mass is 16.5. The van der Waals surface area contributed by atoms with Crippen LogP contribution in [-0.2, 0) is 19.1 Å². The third kappa shape index (κ3) is 5.95. The summed E-state index contributed by atoms with van der Waals surface area (Å²) in [5.74, 6) is -2.02. The van der Waals surface area contributed by atoms with Crippen LogP contribution < -0.4 is 0 Å². The topological polar surface area (TPSA) is 127 Å². The van der Waals surface area contributed by atoms with Gasteiger partial charge in [-0.1, -0.05) is 25.0 Å². The molecule has 2 aromatic rings. The molecule has 0 saturated heterocycles.